The van der Waals surface area contributed by atoms with Gasteiger partial charge in [0.15, 0.2) is 0 Å². The van der Waals surface area contributed by atoms with Gasteiger partial charge in [0.25, 0.3) is 11.8 Å². The third-order valence-corrected chi connectivity index (χ3v) is 6.50. The predicted octanol–water partition coefficient (Wildman–Crippen LogP) is 6.09. The molecule has 1 N–H and O–H groups in total. The molecule has 2 heterocycles. The number of carbonyl (C=O) groups excluding carboxylic acids is 2. The largest absolute Gasteiger partial charge is 0.350 e. The number of nitrogens with one attached hydrogen (secondary N) is 1. The molecule has 0 fully saturated rings. The highest BCUT2D eigenvalue weighted by atomic mass is 35.5. The third kappa shape index (κ3) is 4.29. The number of thiophene rings is 1. The summed E-state index contributed by atoms with van der Waals surface area (Å²) in [6, 6.07) is 18.9. The molecule has 2 aromatic carbocycles. The Labute approximate surface area is 191 Å². The molecular formula is C25H23ClN2O2S. The first-order valence-electron chi connectivity index (χ1n) is 10.0. The Morgan fingerprint density at radius 1 is 0.935 bits per heavy atom. The quantitative estimate of drug-likeness (QED) is 0.478. The molecule has 0 aliphatic carbocycles. The average Bonchev–Trinajstić information content (AvgIpc) is 3.32. The molecule has 1 aliphatic rings. The van der Waals surface area contributed by atoms with Crippen LogP contribution in [0.4, 0.5) is 5.69 Å². The maximum Gasteiger partial charge on any atom is 0.278 e. The van der Waals surface area contributed by atoms with Gasteiger partial charge in [0, 0.05) is 15.6 Å². The van der Waals surface area contributed by atoms with Crippen LogP contribution in [-0.4, -0.2) is 16.7 Å². The van der Waals surface area contributed by atoms with Gasteiger partial charge in [-0.25, -0.2) is 0 Å². The zero-order valence-corrected chi connectivity index (χ0v) is 19.2. The van der Waals surface area contributed by atoms with Crippen LogP contribution in [0, 0.1) is 0 Å². The molecular weight excluding hydrogens is 428 g/mol. The molecule has 3 aromatic rings. The van der Waals surface area contributed by atoms with E-state index in [2.05, 4.69) is 26.1 Å². The van der Waals surface area contributed by atoms with E-state index < -0.39 is 0 Å². The maximum atomic E-state index is 13.3. The Morgan fingerprint density at radius 3 is 2.26 bits per heavy atom. The first kappa shape index (κ1) is 21.3. The Morgan fingerprint density at radius 2 is 1.65 bits per heavy atom. The zero-order chi connectivity index (χ0) is 22.2. The number of halogens is 1. The number of nitrogens with zero attached hydrogens (tertiary/aromatic N) is 1. The van der Waals surface area contributed by atoms with Crippen LogP contribution < -0.4 is 5.32 Å². The summed E-state index contributed by atoms with van der Waals surface area (Å²) in [5.74, 6) is -0.672. The average molecular weight is 451 g/mol. The number of rotatable bonds is 5. The fourth-order valence-corrected chi connectivity index (χ4v) is 4.44. The lowest BCUT2D eigenvalue weighted by Crippen LogP contribution is -2.32. The highest BCUT2D eigenvalue weighted by Gasteiger charge is 2.39. The summed E-state index contributed by atoms with van der Waals surface area (Å²) < 4.78 is 0. The van der Waals surface area contributed by atoms with Crippen LogP contribution in [0.2, 0.25) is 5.02 Å². The zero-order valence-electron chi connectivity index (χ0n) is 17.6. The van der Waals surface area contributed by atoms with Crippen LogP contribution in [0.1, 0.15) is 36.8 Å². The minimum atomic E-state index is -0.354. The van der Waals surface area contributed by atoms with Crippen LogP contribution in [0.3, 0.4) is 0 Å². The fourth-order valence-electron chi connectivity index (χ4n) is 3.48. The molecule has 0 bridgehead atoms. The minimum absolute atomic E-state index is 0.0326. The van der Waals surface area contributed by atoms with E-state index >= 15 is 0 Å². The molecule has 0 atom stereocenters. The number of hydrogen-bond acceptors (Lipinski definition) is 4. The number of imide groups is 1. The smallest absolute Gasteiger partial charge is 0.278 e. The fraction of sp³-hybridized carbons (Fsp3) is 0.200. The summed E-state index contributed by atoms with van der Waals surface area (Å²) in [6.45, 7) is 6.58. The molecule has 1 aliphatic heterocycles. The number of carbonyl (C=O) groups is 2. The first-order valence-corrected chi connectivity index (χ1v) is 11.3. The molecule has 31 heavy (non-hydrogen) atoms. The summed E-state index contributed by atoms with van der Waals surface area (Å²) in [6.07, 6.45) is 0. The van der Waals surface area contributed by atoms with E-state index in [1.54, 1.807) is 6.07 Å². The molecule has 4 rings (SSSR count). The monoisotopic (exact) mass is 450 g/mol. The van der Waals surface area contributed by atoms with Crippen molar-refractivity contribution >= 4 is 46.0 Å². The molecule has 4 nitrogen and oxygen atoms in total. The number of amides is 2. The highest BCUT2D eigenvalue weighted by molar-refractivity contribution is 7.11. The van der Waals surface area contributed by atoms with E-state index in [0.29, 0.717) is 16.3 Å². The highest BCUT2D eigenvalue weighted by Crippen LogP contribution is 2.34. The van der Waals surface area contributed by atoms with Crippen LogP contribution in [0.25, 0.3) is 5.57 Å². The standard InChI is InChI=1S/C25H23ClN2O2S/c1-25(2,3)17-10-12-18(13-11-17)27-22-21(20-9-6-14-31-20)23(29)28(24(22)30)15-16-7-4-5-8-19(16)26/h4-14,27H,15H2,1-3H3. The van der Waals surface area contributed by atoms with E-state index in [1.807, 2.05) is 60.0 Å². The lowest BCUT2D eigenvalue weighted by atomic mass is 9.87. The lowest BCUT2D eigenvalue weighted by molar-refractivity contribution is -0.137. The van der Waals surface area contributed by atoms with E-state index in [9.17, 15) is 9.59 Å². The van der Waals surface area contributed by atoms with Gasteiger partial charge >= 0.3 is 0 Å². The van der Waals surface area contributed by atoms with Crippen molar-refractivity contribution in [3.63, 3.8) is 0 Å². The van der Waals surface area contributed by atoms with Gasteiger partial charge in [-0.3, -0.25) is 14.5 Å². The molecule has 2 amide bonds. The lowest BCUT2D eigenvalue weighted by Gasteiger charge is -2.19. The molecule has 0 radical (unpaired) electrons. The second kappa shape index (κ2) is 8.33. The van der Waals surface area contributed by atoms with Crippen molar-refractivity contribution < 1.29 is 9.59 Å². The van der Waals surface area contributed by atoms with Gasteiger partial charge in [-0.15, -0.1) is 11.3 Å². The SMILES string of the molecule is CC(C)(C)c1ccc(NC2=C(c3cccs3)C(=O)N(Cc3ccccc3Cl)C2=O)cc1. The van der Waals surface area contributed by atoms with Gasteiger partial charge in [-0.1, -0.05) is 68.8 Å². The van der Waals surface area contributed by atoms with E-state index in [0.717, 1.165) is 16.1 Å². The number of benzene rings is 2. The molecule has 158 valence electrons. The van der Waals surface area contributed by atoms with Gasteiger partial charge in [0.2, 0.25) is 0 Å². The maximum absolute atomic E-state index is 13.3. The van der Waals surface area contributed by atoms with Crippen LogP contribution in [0.5, 0.6) is 0 Å². The molecule has 6 heteroatoms. The van der Waals surface area contributed by atoms with Crippen LogP contribution >= 0.6 is 22.9 Å². The first-order chi connectivity index (χ1) is 14.8. The van der Waals surface area contributed by atoms with Crippen molar-refractivity contribution in [2.45, 2.75) is 32.7 Å². The van der Waals surface area contributed by atoms with E-state index in [1.165, 1.54) is 21.8 Å². The molecule has 0 saturated heterocycles. The van der Waals surface area contributed by atoms with Crippen molar-refractivity contribution in [3.8, 4) is 0 Å². The Hall–Kier alpha value is -2.89. The van der Waals surface area contributed by atoms with Crippen molar-refractivity contribution in [1.82, 2.24) is 4.90 Å². The van der Waals surface area contributed by atoms with Gasteiger partial charge in [0.1, 0.15) is 5.70 Å². The van der Waals surface area contributed by atoms with Crippen LogP contribution in [0.15, 0.2) is 71.7 Å². The van der Waals surface area contributed by atoms with Gasteiger partial charge in [0.05, 0.1) is 12.1 Å². The van der Waals surface area contributed by atoms with Crippen molar-refractivity contribution in [3.05, 3.63) is 92.8 Å². The number of hydrogen-bond donors (Lipinski definition) is 1. The Bertz CT molecular complexity index is 1160. The minimum Gasteiger partial charge on any atom is -0.350 e. The summed E-state index contributed by atoms with van der Waals surface area (Å²) >= 11 is 7.71. The van der Waals surface area contributed by atoms with E-state index in [4.69, 9.17) is 11.6 Å². The molecule has 0 saturated carbocycles. The van der Waals surface area contributed by atoms with Crippen molar-refractivity contribution in [2.24, 2.45) is 0 Å². The Kier molecular flexibility index (Phi) is 5.73. The number of anilines is 1. The van der Waals surface area contributed by atoms with Crippen molar-refractivity contribution in [1.29, 1.82) is 0 Å². The van der Waals surface area contributed by atoms with Crippen molar-refractivity contribution in [2.75, 3.05) is 5.32 Å². The molecule has 0 unspecified atom stereocenters. The molecule has 0 spiro atoms. The van der Waals surface area contributed by atoms with E-state index in [-0.39, 0.29) is 23.8 Å². The summed E-state index contributed by atoms with van der Waals surface area (Å²) in [4.78, 5) is 28.6. The summed E-state index contributed by atoms with van der Waals surface area (Å²) in [5.41, 5.74) is 3.41. The summed E-state index contributed by atoms with van der Waals surface area (Å²) in [5, 5.41) is 5.63. The van der Waals surface area contributed by atoms with Gasteiger partial charge < -0.3 is 5.32 Å². The Balaban J connectivity index is 1.68. The summed E-state index contributed by atoms with van der Waals surface area (Å²) in [7, 11) is 0. The molecule has 1 aromatic heterocycles. The second-order valence-electron chi connectivity index (χ2n) is 8.47. The van der Waals surface area contributed by atoms with Gasteiger partial charge in [-0.05, 0) is 46.2 Å². The normalized spacial score (nSPS) is 14.5. The third-order valence-electron chi connectivity index (χ3n) is 5.24. The predicted molar refractivity (Wildman–Crippen MR) is 127 cm³/mol. The second-order valence-corrected chi connectivity index (χ2v) is 9.82. The van der Waals surface area contributed by atoms with Gasteiger partial charge in [-0.2, -0.15) is 0 Å². The van der Waals surface area contributed by atoms with Crippen LogP contribution in [-0.2, 0) is 21.5 Å². The topological polar surface area (TPSA) is 49.4 Å².